The predicted molar refractivity (Wildman–Crippen MR) is 76.0 cm³/mol. The summed E-state index contributed by atoms with van der Waals surface area (Å²) in [4.78, 5) is 14.3. The summed E-state index contributed by atoms with van der Waals surface area (Å²) in [6.45, 7) is 0.929. The fraction of sp³-hybridized carbons (Fsp3) is 0.533. The van der Waals surface area contributed by atoms with Crippen LogP contribution < -0.4 is 0 Å². The number of benzene rings is 1. The van der Waals surface area contributed by atoms with Crippen LogP contribution >= 0.6 is 0 Å². The predicted octanol–water partition coefficient (Wildman–Crippen LogP) is 1.86. The summed E-state index contributed by atoms with van der Waals surface area (Å²) < 4.78 is 25.0. The third kappa shape index (κ3) is 2.35. The Hall–Kier alpha value is -1.36. The van der Waals surface area contributed by atoms with Crippen molar-refractivity contribution in [1.82, 2.24) is 4.90 Å². The molecule has 1 heterocycles. The normalized spacial score (nSPS) is 23.6. The quantitative estimate of drug-likeness (QED) is 0.855. The molecule has 0 N–H and O–H groups in total. The Morgan fingerprint density at radius 1 is 1.10 bits per heavy atom. The minimum atomic E-state index is -3.31. The Kier molecular flexibility index (Phi) is 3.54. The number of hydrogen-bond donors (Lipinski definition) is 0. The van der Waals surface area contributed by atoms with Crippen LogP contribution in [0.25, 0.3) is 0 Å². The molecule has 2 aliphatic rings. The van der Waals surface area contributed by atoms with Gasteiger partial charge in [0, 0.05) is 19.0 Å². The van der Waals surface area contributed by atoms with Gasteiger partial charge in [0.15, 0.2) is 9.84 Å². The first-order valence-corrected chi connectivity index (χ1v) is 8.71. The Labute approximate surface area is 119 Å². The van der Waals surface area contributed by atoms with Gasteiger partial charge < -0.3 is 4.90 Å². The van der Waals surface area contributed by atoms with Crippen LogP contribution in [0.5, 0.6) is 0 Å². The molecule has 1 amide bonds. The van der Waals surface area contributed by atoms with E-state index in [-0.39, 0.29) is 11.8 Å². The van der Waals surface area contributed by atoms with E-state index >= 15 is 0 Å². The average molecular weight is 293 g/mol. The highest BCUT2D eigenvalue weighted by atomic mass is 32.2. The van der Waals surface area contributed by atoms with Crippen molar-refractivity contribution in [2.24, 2.45) is 5.92 Å². The Bertz CT molecular complexity index is 593. The zero-order valence-corrected chi connectivity index (χ0v) is 12.2. The second-order valence-electron chi connectivity index (χ2n) is 5.68. The van der Waals surface area contributed by atoms with Gasteiger partial charge in [0.25, 0.3) is 0 Å². The summed E-state index contributed by atoms with van der Waals surface area (Å²) in [6.07, 6.45) is 3.60. The lowest BCUT2D eigenvalue weighted by atomic mass is 9.84. The van der Waals surface area contributed by atoms with Gasteiger partial charge in [0.05, 0.1) is 10.1 Å². The molecule has 1 aliphatic carbocycles. The van der Waals surface area contributed by atoms with Crippen molar-refractivity contribution < 1.29 is 13.2 Å². The maximum absolute atomic E-state index is 12.5. The number of amides is 1. The van der Waals surface area contributed by atoms with Gasteiger partial charge in [-0.1, -0.05) is 24.6 Å². The topological polar surface area (TPSA) is 54.5 Å². The zero-order chi connectivity index (χ0) is 14.2. The van der Waals surface area contributed by atoms with Gasteiger partial charge in [-0.25, -0.2) is 8.42 Å². The highest BCUT2D eigenvalue weighted by Gasteiger charge is 2.38. The van der Waals surface area contributed by atoms with Crippen LogP contribution in [0.4, 0.5) is 0 Å². The van der Waals surface area contributed by atoms with Gasteiger partial charge in [-0.15, -0.1) is 0 Å². The molecule has 4 nitrogen and oxygen atoms in total. The number of rotatable bonds is 3. The second kappa shape index (κ2) is 5.20. The van der Waals surface area contributed by atoms with Crippen LogP contribution in [-0.4, -0.2) is 37.6 Å². The summed E-state index contributed by atoms with van der Waals surface area (Å²) >= 11 is 0. The standard InChI is InChI=1S/C15H19NO3S/c17-15(12-5-4-6-12)16-10-9-14(11-16)20(18,19)13-7-2-1-3-8-13/h1-3,7-8,12,14H,4-6,9-11H2/t14-/m1/s1. The molecule has 108 valence electrons. The Morgan fingerprint density at radius 2 is 1.80 bits per heavy atom. The van der Waals surface area contributed by atoms with Gasteiger partial charge in [0.2, 0.25) is 5.91 Å². The molecule has 0 spiro atoms. The molecule has 0 aromatic heterocycles. The van der Waals surface area contributed by atoms with Crippen LogP contribution in [0, 0.1) is 5.92 Å². The fourth-order valence-corrected chi connectivity index (χ4v) is 4.61. The zero-order valence-electron chi connectivity index (χ0n) is 11.4. The summed E-state index contributed by atoms with van der Waals surface area (Å²) in [5.41, 5.74) is 0. The number of carbonyl (C=O) groups is 1. The Balaban J connectivity index is 1.72. The second-order valence-corrected chi connectivity index (χ2v) is 7.91. The van der Waals surface area contributed by atoms with E-state index in [0.717, 1.165) is 19.3 Å². The van der Waals surface area contributed by atoms with Crippen LogP contribution in [0.2, 0.25) is 0 Å². The smallest absolute Gasteiger partial charge is 0.225 e. The lowest BCUT2D eigenvalue weighted by Gasteiger charge is -2.29. The molecule has 0 unspecified atom stereocenters. The van der Waals surface area contributed by atoms with E-state index in [0.29, 0.717) is 24.4 Å². The highest BCUT2D eigenvalue weighted by Crippen LogP contribution is 2.31. The minimum absolute atomic E-state index is 0.146. The van der Waals surface area contributed by atoms with Crippen molar-refractivity contribution in [3.05, 3.63) is 30.3 Å². The molecule has 1 aromatic rings. The number of carbonyl (C=O) groups excluding carboxylic acids is 1. The number of sulfone groups is 1. The van der Waals surface area contributed by atoms with Crippen molar-refractivity contribution in [3.63, 3.8) is 0 Å². The molecular formula is C15H19NO3S. The SMILES string of the molecule is O=C(C1CCC1)N1CC[C@@H](S(=O)(=O)c2ccccc2)C1. The number of likely N-dealkylation sites (tertiary alicyclic amines) is 1. The van der Waals surface area contributed by atoms with Gasteiger partial charge in [-0.05, 0) is 31.4 Å². The maximum atomic E-state index is 12.5. The van der Waals surface area contributed by atoms with Crippen molar-refractivity contribution in [1.29, 1.82) is 0 Å². The van der Waals surface area contributed by atoms with E-state index in [4.69, 9.17) is 0 Å². The number of hydrogen-bond acceptors (Lipinski definition) is 3. The first kappa shape index (κ1) is 13.6. The van der Waals surface area contributed by atoms with Crippen LogP contribution in [0.3, 0.4) is 0 Å². The first-order valence-electron chi connectivity index (χ1n) is 7.17. The van der Waals surface area contributed by atoms with E-state index < -0.39 is 15.1 Å². The molecular weight excluding hydrogens is 274 g/mol. The first-order chi connectivity index (χ1) is 9.59. The third-order valence-electron chi connectivity index (χ3n) is 4.42. The lowest BCUT2D eigenvalue weighted by Crippen LogP contribution is -2.38. The molecule has 2 fully saturated rings. The van der Waals surface area contributed by atoms with Crippen LogP contribution in [-0.2, 0) is 14.6 Å². The third-order valence-corrected chi connectivity index (χ3v) is 6.61. The summed E-state index contributed by atoms with van der Waals surface area (Å²) in [7, 11) is -3.31. The van der Waals surface area contributed by atoms with Crippen LogP contribution in [0.15, 0.2) is 35.2 Å². The summed E-state index contributed by atoms with van der Waals surface area (Å²) in [6, 6.07) is 8.54. The highest BCUT2D eigenvalue weighted by molar-refractivity contribution is 7.92. The van der Waals surface area contributed by atoms with Crippen LogP contribution in [0.1, 0.15) is 25.7 Å². The minimum Gasteiger partial charge on any atom is -0.341 e. The molecule has 0 bridgehead atoms. The number of nitrogens with zero attached hydrogens (tertiary/aromatic N) is 1. The molecule has 1 aliphatic heterocycles. The molecule has 5 heteroatoms. The molecule has 20 heavy (non-hydrogen) atoms. The van der Waals surface area contributed by atoms with E-state index in [2.05, 4.69) is 0 Å². The summed E-state index contributed by atoms with van der Waals surface area (Å²) in [5, 5.41) is -0.450. The fourth-order valence-electron chi connectivity index (χ4n) is 2.90. The van der Waals surface area contributed by atoms with Gasteiger partial charge in [-0.2, -0.15) is 0 Å². The van der Waals surface area contributed by atoms with Gasteiger partial charge in [0.1, 0.15) is 0 Å². The molecule has 1 saturated carbocycles. The molecule has 0 radical (unpaired) electrons. The van der Waals surface area contributed by atoms with Crippen molar-refractivity contribution >= 4 is 15.7 Å². The van der Waals surface area contributed by atoms with Crippen molar-refractivity contribution in [2.75, 3.05) is 13.1 Å². The lowest BCUT2D eigenvalue weighted by molar-refractivity contribution is -0.136. The molecule has 1 saturated heterocycles. The average Bonchev–Trinajstić information content (AvgIpc) is 2.88. The monoisotopic (exact) mass is 293 g/mol. The van der Waals surface area contributed by atoms with Crippen molar-refractivity contribution in [2.45, 2.75) is 35.8 Å². The Morgan fingerprint density at radius 3 is 2.40 bits per heavy atom. The molecule has 3 rings (SSSR count). The van der Waals surface area contributed by atoms with Gasteiger partial charge >= 0.3 is 0 Å². The van der Waals surface area contributed by atoms with E-state index in [1.165, 1.54) is 0 Å². The summed E-state index contributed by atoms with van der Waals surface area (Å²) in [5.74, 6) is 0.301. The molecule has 1 aromatic carbocycles. The largest absolute Gasteiger partial charge is 0.341 e. The van der Waals surface area contributed by atoms with E-state index in [1.54, 1.807) is 35.2 Å². The van der Waals surface area contributed by atoms with Gasteiger partial charge in [-0.3, -0.25) is 4.79 Å². The van der Waals surface area contributed by atoms with E-state index in [1.807, 2.05) is 0 Å². The van der Waals surface area contributed by atoms with Crippen molar-refractivity contribution in [3.8, 4) is 0 Å². The van der Waals surface area contributed by atoms with E-state index in [9.17, 15) is 13.2 Å². The molecule has 1 atom stereocenters. The maximum Gasteiger partial charge on any atom is 0.225 e.